The van der Waals surface area contributed by atoms with E-state index in [9.17, 15) is 22.8 Å². The molecule has 0 unspecified atom stereocenters. The average molecular weight is 483 g/mol. The molecule has 1 aromatic rings. The van der Waals surface area contributed by atoms with Gasteiger partial charge in [0.2, 0.25) is 11.8 Å². The number of hydrogen-bond acceptors (Lipinski definition) is 5. The van der Waals surface area contributed by atoms with Gasteiger partial charge in [0.05, 0.1) is 25.3 Å². The van der Waals surface area contributed by atoms with Crippen molar-refractivity contribution in [2.24, 2.45) is 0 Å². The molecule has 2 aliphatic rings. The minimum atomic E-state index is -4.44. The van der Waals surface area contributed by atoms with Crippen molar-refractivity contribution in [2.45, 2.75) is 25.1 Å². The second-order valence-electron chi connectivity index (χ2n) is 8.72. The fourth-order valence-electron chi connectivity index (χ4n) is 4.19. The van der Waals surface area contributed by atoms with E-state index in [1.807, 2.05) is 0 Å². The number of amides is 2. The Labute approximate surface area is 198 Å². The van der Waals surface area contributed by atoms with Gasteiger partial charge in [-0.15, -0.1) is 0 Å². The molecule has 0 atom stereocenters. The van der Waals surface area contributed by atoms with Crippen LogP contribution >= 0.6 is 0 Å². The number of piperidine rings is 1. The number of likely N-dealkylation sites (N-methyl/N-ethyl adjacent to an activating group) is 1. The number of ether oxygens (including phenoxy) is 1. The smallest absolute Gasteiger partial charge is 0.379 e. The predicted octanol–water partition coefficient (Wildman–Crippen LogP) is 2.09. The summed E-state index contributed by atoms with van der Waals surface area (Å²) >= 11 is 0. The van der Waals surface area contributed by atoms with E-state index in [0.717, 1.165) is 70.4 Å². The molecule has 0 saturated carbocycles. The molecule has 2 heterocycles. The van der Waals surface area contributed by atoms with Crippen LogP contribution in [0.4, 0.5) is 13.2 Å². The lowest BCUT2D eigenvalue weighted by atomic mass is 10.0. The van der Waals surface area contributed by atoms with E-state index in [2.05, 4.69) is 22.2 Å². The maximum atomic E-state index is 12.8. The summed E-state index contributed by atoms with van der Waals surface area (Å²) in [6.45, 7) is 6.67. The highest BCUT2D eigenvalue weighted by Crippen LogP contribution is 2.29. The average Bonchev–Trinajstić information content (AvgIpc) is 2.85. The van der Waals surface area contributed by atoms with E-state index in [1.54, 1.807) is 4.90 Å². The summed E-state index contributed by atoms with van der Waals surface area (Å²) in [5.74, 6) is -0.682. The topological polar surface area (TPSA) is 65.1 Å². The first-order valence-electron chi connectivity index (χ1n) is 11.6. The second-order valence-corrected chi connectivity index (χ2v) is 8.72. The van der Waals surface area contributed by atoms with Crippen molar-refractivity contribution in [1.29, 1.82) is 0 Å². The molecular weight excluding hydrogens is 449 g/mol. The Bertz CT molecular complexity index is 848. The molecule has 0 aromatic heterocycles. The number of nitrogens with zero attached hydrogens (tertiary/aromatic N) is 3. The highest BCUT2D eigenvalue weighted by molar-refractivity contribution is 5.94. The maximum Gasteiger partial charge on any atom is 0.416 e. The van der Waals surface area contributed by atoms with Crippen molar-refractivity contribution in [3.8, 4) is 0 Å². The molecule has 1 N–H and O–H groups in total. The Balaban J connectivity index is 1.36. The fraction of sp³-hybridized carbons (Fsp3) is 0.583. The highest BCUT2D eigenvalue weighted by Gasteiger charge is 2.30. The number of carbonyl (C=O) groups excluding carboxylic acids is 2. The van der Waals surface area contributed by atoms with E-state index in [4.69, 9.17) is 4.74 Å². The summed E-state index contributed by atoms with van der Waals surface area (Å²) in [4.78, 5) is 31.0. The predicted molar refractivity (Wildman–Crippen MR) is 123 cm³/mol. The van der Waals surface area contributed by atoms with E-state index < -0.39 is 17.6 Å². The summed E-state index contributed by atoms with van der Waals surface area (Å²) < 4.78 is 43.7. The molecular formula is C24H33F3N4O3. The summed E-state index contributed by atoms with van der Waals surface area (Å²) in [6.07, 6.45) is -0.237. The zero-order valence-electron chi connectivity index (χ0n) is 19.5. The number of likely N-dealkylation sites (tertiary alicyclic amines) is 1. The first-order chi connectivity index (χ1) is 16.2. The van der Waals surface area contributed by atoms with Gasteiger partial charge in [-0.25, -0.2) is 0 Å². The number of hydrogen-bond donors (Lipinski definition) is 1. The van der Waals surface area contributed by atoms with Crippen LogP contribution in [0.3, 0.4) is 0 Å². The van der Waals surface area contributed by atoms with Gasteiger partial charge in [-0.3, -0.25) is 14.5 Å². The van der Waals surface area contributed by atoms with Gasteiger partial charge < -0.3 is 19.9 Å². The lowest BCUT2D eigenvalue weighted by Gasteiger charge is -2.38. The number of morpholine rings is 1. The van der Waals surface area contributed by atoms with Gasteiger partial charge in [-0.05, 0) is 43.7 Å². The molecule has 2 saturated heterocycles. The van der Waals surface area contributed by atoms with Crippen molar-refractivity contribution in [1.82, 2.24) is 20.0 Å². The van der Waals surface area contributed by atoms with Crippen LogP contribution < -0.4 is 5.32 Å². The molecule has 0 aliphatic carbocycles. The normalized spacial score (nSPS) is 18.6. The number of halogens is 3. The molecule has 3 rings (SSSR count). The molecule has 0 bridgehead atoms. The van der Waals surface area contributed by atoms with Crippen LogP contribution in [-0.4, -0.2) is 98.6 Å². The van der Waals surface area contributed by atoms with Crippen molar-refractivity contribution in [3.05, 3.63) is 41.5 Å². The fourth-order valence-corrected chi connectivity index (χ4v) is 4.19. The second kappa shape index (κ2) is 12.3. The van der Waals surface area contributed by atoms with E-state index in [-0.39, 0.29) is 18.0 Å². The van der Waals surface area contributed by atoms with Crippen LogP contribution in [0.5, 0.6) is 0 Å². The van der Waals surface area contributed by atoms with Crippen molar-refractivity contribution in [2.75, 3.05) is 66.1 Å². The molecule has 10 heteroatoms. The summed E-state index contributed by atoms with van der Waals surface area (Å²) in [7, 11) is 2.12. The third kappa shape index (κ3) is 8.11. The number of rotatable bonds is 8. The quantitative estimate of drug-likeness (QED) is 0.575. The summed E-state index contributed by atoms with van der Waals surface area (Å²) in [6, 6.07) is 5.13. The van der Waals surface area contributed by atoms with Crippen LogP contribution in [0.15, 0.2) is 30.3 Å². The molecule has 0 spiro atoms. The first kappa shape index (κ1) is 26.2. The first-order valence-corrected chi connectivity index (χ1v) is 11.6. The van der Waals surface area contributed by atoms with Gasteiger partial charge >= 0.3 is 6.18 Å². The Morgan fingerprint density at radius 3 is 2.56 bits per heavy atom. The largest absolute Gasteiger partial charge is 0.416 e. The van der Waals surface area contributed by atoms with Gasteiger partial charge in [0.15, 0.2) is 0 Å². The molecule has 2 amide bonds. The van der Waals surface area contributed by atoms with Crippen LogP contribution in [0.1, 0.15) is 24.0 Å². The Morgan fingerprint density at radius 1 is 1.18 bits per heavy atom. The van der Waals surface area contributed by atoms with Crippen LogP contribution in [0, 0.1) is 0 Å². The van der Waals surface area contributed by atoms with E-state index >= 15 is 0 Å². The Hall–Kier alpha value is -2.43. The third-order valence-electron chi connectivity index (χ3n) is 6.37. The minimum Gasteiger partial charge on any atom is -0.379 e. The zero-order valence-corrected chi connectivity index (χ0v) is 19.5. The van der Waals surface area contributed by atoms with E-state index in [0.29, 0.717) is 19.1 Å². The SMILES string of the molecule is CN(CCN1CCOCC1)C1CCN(C(=O)CNC(=O)/C=C/c2cccc(C(F)(F)F)c2)CC1. The van der Waals surface area contributed by atoms with Crippen molar-refractivity contribution < 1.29 is 27.5 Å². The summed E-state index contributed by atoms with van der Waals surface area (Å²) in [5.41, 5.74) is -0.517. The van der Waals surface area contributed by atoms with Gasteiger partial charge in [0.1, 0.15) is 0 Å². The number of benzene rings is 1. The molecule has 2 aliphatic heterocycles. The van der Waals surface area contributed by atoms with E-state index in [1.165, 1.54) is 18.2 Å². The minimum absolute atomic E-state index is 0.136. The number of carbonyl (C=O) groups is 2. The number of nitrogens with one attached hydrogen (secondary N) is 1. The molecule has 34 heavy (non-hydrogen) atoms. The van der Waals surface area contributed by atoms with Gasteiger partial charge in [0.25, 0.3) is 0 Å². The molecule has 1 aromatic carbocycles. The van der Waals surface area contributed by atoms with Gasteiger partial charge in [-0.1, -0.05) is 12.1 Å². The Morgan fingerprint density at radius 2 is 1.88 bits per heavy atom. The standard InChI is InChI=1S/C24H33F3N4O3/c1-29(11-12-30-13-15-34-16-14-30)21-7-9-31(10-8-21)23(33)18-28-22(32)6-5-19-3-2-4-20(17-19)24(25,26)27/h2-6,17,21H,7-16,18H2,1H3,(H,28,32)/b6-5+. The maximum absolute atomic E-state index is 12.8. The number of alkyl halides is 3. The lowest BCUT2D eigenvalue weighted by molar-refractivity contribution is -0.137. The lowest BCUT2D eigenvalue weighted by Crippen LogP contribution is -2.49. The Kier molecular flexibility index (Phi) is 9.49. The zero-order chi connectivity index (χ0) is 24.6. The molecule has 2 fully saturated rings. The molecule has 7 nitrogen and oxygen atoms in total. The van der Waals surface area contributed by atoms with Crippen LogP contribution in [0.2, 0.25) is 0 Å². The molecule has 188 valence electrons. The molecule has 0 radical (unpaired) electrons. The van der Waals surface area contributed by atoms with Gasteiger partial charge in [0, 0.05) is 51.4 Å². The van der Waals surface area contributed by atoms with Crippen molar-refractivity contribution >= 4 is 17.9 Å². The van der Waals surface area contributed by atoms with Crippen molar-refractivity contribution in [3.63, 3.8) is 0 Å². The highest BCUT2D eigenvalue weighted by atomic mass is 19.4. The third-order valence-corrected chi connectivity index (χ3v) is 6.37. The summed E-state index contributed by atoms with van der Waals surface area (Å²) in [5, 5.41) is 2.52. The van der Waals surface area contributed by atoms with Gasteiger partial charge in [-0.2, -0.15) is 13.2 Å². The van der Waals surface area contributed by atoms with Crippen LogP contribution in [-0.2, 0) is 20.5 Å². The monoisotopic (exact) mass is 482 g/mol. The van der Waals surface area contributed by atoms with Crippen LogP contribution in [0.25, 0.3) is 6.08 Å².